The first-order valence-corrected chi connectivity index (χ1v) is 4.54. The zero-order chi connectivity index (χ0) is 11.3. The molecule has 0 unspecified atom stereocenters. The second-order valence-corrected chi connectivity index (χ2v) is 3.05. The molecule has 0 fully saturated rings. The van der Waals surface area contributed by atoms with Crippen LogP contribution in [0, 0.1) is 11.6 Å². The van der Waals surface area contributed by atoms with Crippen molar-refractivity contribution >= 4 is 18.3 Å². The van der Waals surface area contributed by atoms with Crippen LogP contribution in [0.5, 0.6) is 0 Å². The molecule has 90 valence electrons. The van der Waals surface area contributed by atoms with Gasteiger partial charge in [0, 0.05) is 31.1 Å². The molecule has 0 atom stereocenters. The summed E-state index contributed by atoms with van der Waals surface area (Å²) in [4.78, 5) is 11.0. The highest BCUT2D eigenvalue weighted by Crippen LogP contribution is 2.08. The van der Waals surface area contributed by atoms with E-state index < -0.39 is 11.6 Å². The van der Waals surface area contributed by atoms with Gasteiger partial charge in [-0.1, -0.05) is 6.07 Å². The summed E-state index contributed by atoms with van der Waals surface area (Å²) in [6.07, 6.45) is 0.197. The van der Waals surface area contributed by atoms with Crippen LogP contribution in [0.4, 0.5) is 8.78 Å². The van der Waals surface area contributed by atoms with Gasteiger partial charge in [0.05, 0.1) is 0 Å². The van der Waals surface area contributed by atoms with Crippen molar-refractivity contribution in [3.8, 4) is 0 Å². The lowest BCUT2D eigenvalue weighted by molar-refractivity contribution is -0.121. The van der Waals surface area contributed by atoms with Crippen LogP contribution in [0.15, 0.2) is 18.2 Å². The number of amides is 1. The van der Waals surface area contributed by atoms with Gasteiger partial charge in [0.2, 0.25) is 5.91 Å². The monoisotopic (exact) mass is 250 g/mol. The molecule has 0 aliphatic carbocycles. The molecule has 0 saturated heterocycles. The maximum atomic E-state index is 13.1. The molecule has 0 saturated carbocycles. The van der Waals surface area contributed by atoms with Crippen molar-refractivity contribution in [1.29, 1.82) is 0 Å². The lowest BCUT2D eigenvalue weighted by Crippen LogP contribution is -2.25. The lowest BCUT2D eigenvalue weighted by atomic mass is 10.2. The van der Waals surface area contributed by atoms with Crippen molar-refractivity contribution in [2.45, 2.75) is 13.0 Å². The van der Waals surface area contributed by atoms with E-state index in [0.717, 1.165) is 12.1 Å². The molecular weight excluding hydrogens is 238 g/mol. The summed E-state index contributed by atoms with van der Waals surface area (Å²) in [5.41, 5.74) is 5.42. The Balaban J connectivity index is 0.00000225. The van der Waals surface area contributed by atoms with Crippen molar-refractivity contribution in [3.05, 3.63) is 35.4 Å². The Labute approximate surface area is 98.4 Å². The highest BCUT2D eigenvalue weighted by molar-refractivity contribution is 5.85. The number of carbonyl (C=O) groups excluding carboxylic acids is 1. The molecule has 6 heteroatoms. The van der Waals surface area contributed by atoms with Crippen LogP contribution in [0.25, 0.3) is 0 Å². The zero-order valence-corrected chi connectivity index (χ0v) is 9.32. The molecule has 1 aromatic carbocycles. The maximum Gasteiger partial charge on any atom is 0.221 e. The number of rotatable bonds is 4. The van der Waals surface area contributed by atoms with Crippen LogP contribution in [0.2, 0.25) is 0 Å². The summed E-state index contributed by atoms with van der Waals surface area (Å²) in [5.74, 6) is -1.55. The fourth-order valence-electron chi connectivity index (χ4n) is 1.08. The Hall–Kier alpha value is -1.20. The Morgan fingerprint density at radius 1 is 1.38 bits per heavy atom. The number of hydrogen-bond donors (Lipinski definition) is 2. The maximum absolute atomic E-state index is 13.1. The van der Waals surface area contributed by atoms with Crippen molar-refractivity contribution in [1.82, 2.24) is 5.32 Å². The Kier molecular flexibility index (Phi) is 6.60. The minimum Gasteiger partial charge on any atom is -0.352 e. The fourth-order valence-corrected chi connectivity index (χ4v) is 1.08. The van der Waals surface area contributed by atoms with Crippen LogP contribution in [0.1, 0.15) is 12.0 Å². The van der Waals surface area contributed by atoms with Gasteiger partial charge in [-0.3, -0.25) is 4.79 Å². The van der Waals surface area contributed by atoms with Gasteiger partial charge in [0.25, 0.3) is 0 Å². The third-order valence-electron chi connectivity index (χ3n) is 1.86. The predicted octanol–water partition coefficient (Wildman–Crippen LogP) is 1.35. The van der Waals surface area contributed by atoms with Gasteiger partial charge >= 0.3 is 0 Å². The van der Waals surface area contributed by atoms with Crippen molar-refractivity contribution in [3.63, 3.8) is 0 Å². The first-order valence-electron chi connectivity index (χ1n) is 4.54. The number of halogens is 3. The molecule has 0 radical (unpaired) electrons. The van der Waals surface area contributed by atoms with Crippen LogP contribution < -0.4 is 11.1 Å². The first-order chi connectivity index (χ1) is 7.13. The topological polar surface area (TPSA) is 55.1 Å². The molecule has 0 aliphatic heterocycles. The summed E-state index contributed by atoms with van der Waals surface area (Å²) < 4.78 is 25.6. The van der Waals surface area contributed by atoms with Gasteiger partial charge in [-0.25, -0.2) is 8.78 Å². The van der Waals surface area contributed by atoms with Crippen molar-refractivity contribution in [2.75, 3.05) is 6.54 Å². The molecule has 0 spiro atoms. The van der Waals surface area contributed by atoms with Crippen molar-refractivity contribution in [2.24, 2.45) is 5.73 Å². The Bertz CT molecular complexity index is 361. The molecule has 1 rings (SSSR count). The van der Waals surface area contributed by atoms with Gasteiger partial charge < -0.3 is 11.1 Å². The van der Waals surface area contributed by atoms with Gasteiger partial charge in [-0.05, 0) is 6.07 Å². The molecule has 1 amide bonds. The normalized spacial score (nSPS) is 9.44. The molecular formula is C10H13ClF2N2O. The summed E-state index contributed by atoms with van der Waals surface area (Å²) >= 11 is 0. The van der Waals surface area contributed by atoms with E-state index in [0.29, 0.717) is 0 Å². The summed E-state index contributed by atoms with van der Waals surface area (Å²) in [5, 5.41) is 2.48. The third-order valence-corrected chi connectivity index (χ3v) is 1.86. The highest BCUT2D eigenvalue weighted by Gasteiger charge is 2.05. The quantitative estimate of drug-likeness (QED) is 0.848. The Morgan fingerprint density at radius 2 is 2.06 bits per heavy atom. The van der Waals surface area contributed by atoms with E-state index >= 15 is 0 Å². The summed E-state index contributed by atoms with van der Waals surface area (Å²) in [6.45, 7) is 0.294. The SMILES string of the molecule is Cl.NCCC(=O)NCc1ccc(F)cc1F. The molecule has 16 heavy (non-hydrogen) atoms. The summed E-state index contributed by atoms with van der Waals surface area (Å²) in [6, 6.07) is 3.23. The summed E-state index contributed by atoms with van der Waals surface area (Å²) in [7, 11) is 0. The van der Waals surface area contributed by atoms with E-state index in [1.165, 1.54) is 6.07 Å². The van der Waals surface area contributed by atoms with Crippen LogP contribution >= 0.6 is 12.4 Å². The number of nitrogens with one attached hydrogen (secondary N) is 1. The molecule has 1 aromatic rings. The molecule has 0 heterocycles. The largest absolute Gasteiger partial charge is 0.352 e. The van der Waals surface area contributed by atoms with Gasteiger partial charge in [-0.15, -0.1) is 12.4 Å². The van der Waals surface area contributed by atoms with Crippen LogP contribution in [-0.4, -0.2) is 12.5 Å². The zero-order valence-electron chi connectivity index (χ0n) is 8.50. The predicted molar refractivity (Wildman–Crippen MR) is 59.1 cm³/mol. The second-order valence-electron chi connectivity index (χ2n) is 3.05. The van der Waals surface area contributed by atoms with E-state index in [1.807, 2.05) is 0 Å². The van der Waals surface area contributed by atoms with E-state index in [9.17, 15) is 13.6 Å². The molecule has 3 nitrogen and oxygen atoms in total. The molecule has 0 bridgehead atoms. The standard InChI is InChI=1S/C10H12F2N2O.ClH/c11-8-2-1-7(9(12)5-8)6-14-10(15)3-4-13;/h1-2,5H,3-4,6,13H2,(H,14,15);1H. The number of benzene rings is 1. The average Bonchev–Trinajstić information content (AvgIpc) is 2.17. The second kappa shape index (κ2) is 7.14. The molecule has 0 aromatic heterocycles. The third kappa shape index (κ3) is 4.55. The minimum absolute atomic E-state index is 0. The first kappa shape index (κ1) is 14.8. The van der Waals surface area contributed by atoms with Crippen molar-refractivity contribution < 1.29 is 13.6 Å². The van der Waals surface area contributed by atoms with Gasteiger partial charge in [0.1, 0.15) is 11.6 Å². The van der Waals surface area contributed by atoms with Crippen LogP contribution in [0.3, 0.4) is 0 Å². The van der Waals surface area contributed by atoms with Gasteiger partial charge in [0.15, 0.2) is 0 Å². The fraction of sp³-hybridized carbons (Fsp3) is 0.300. The smallest absolute Gasteiger partial charge is 0.221 e. The highest BCUT2D eigenvalue weighted by atomic mass is 35.5. The number of nitrogens with two attached hydrogens (primary N) is 1. The number of carbonyl (C=O) groups is 1. The van der Waals surface area contributed by atoms with E-state index in [-0.39, 0.29) is 43.4 Å². The number of hydrogen-bond acceptors (Lipinski definition) is 2. The van der Waals surface area contributed by atoms with E-state index in [1.54, 1.807) is 0 Å². The van der Waals surface area contributed by atoms with E-state index in [2.05, 4.69) is 5.32 Å². The lowest BCUT2D eigenvalue weighted by Gasteiger charge is -2.05. The minimum atomic E-state index is -0.664. The van der Waals surface area contributed by atoms with Crippen LogP contribution in [-0.2, 0) is 11.3 Å². The van der Waals surface area contributed by atoms with Gasteiger partial charge in [-0.2, -0.15) is 0 Å². The average molecular weight is 251 g/mol. The van der Waals surface area contributed by atoms with E-state index in [4.69, 9.17) is 5.73 Å². The Morgan fingerprint density at radius 3 is 2.62 bits per heavy atom. The molecule has 0 aliphatic rings. The molecule has 3 N–H and O–H groups in total.